The zero-order valence-electron chi connectivity index (χ0n) is 18.8. The molecule has 0 aliphatic heterocycles. The highest BCUT2D eigenvalue weighted by molar-refractivity contribution is 6.35. The number of pyridine rings is 1. The zero-order chi connectivity index (χ0) is 26.1. The van der Waals surface area contributed by atoms with Crippen molar-refractivity contribution in [3.8, 4) is 0 Å². The van der Waals surface area contributed by atoms with Gasteiger partial charge in [0.1, 0.15) is 5.82 Å². The van der Waals surface area contributed by atoms with Crippen LogP contribution in [0.25, 0.3) is 10.9 Å². The molecule has 1 heterocycles. The Kier molecular flexibility index (Phi) is 7.36. The van der Waals surface area contributed by atoms with Gasteiger partial charge in [-0.15, -0.1) is 0 Å². The Labute approximate surface area is 208 Å². The first-order chi connectivity index (χ1) is 16.9. The molecule has 2 N–H and O–H groups in total. The number of anilines is 1. The maximum Gasteiger partial charge on any atom is 0.416 e. The summed E-state index contributed by atoms with van der Waals surface area (Å²) in [4.78, 5) is 17.2. The second-order valence-electron chi connectivity index (χ2n) is 8.81. The van der Waals surface area contributed by atoms with E-state index in [1.165, 1.54) is 0 Å². The second kappa shape index (κ2) is 10.2. The normalized spacial score (nSPS) is 18.8. The molecule has 2 unspecified atom stereocenters. The minimum Gasteiger partial charge on any atom is -0.367 e. The van der Waals surface area contributed by atoms with Crippen LogP contribution in [0.3, 0.4) is 0 Å². The predicted octanol–water partition coefficient (Wildman–Crippen LogP) is 7.33. The van der Waals surface area contributed by atoms with E-state index < -0.39 is 35.0 Å². The van der Waals surface area contributed by atoms with Crippen molar-refractivity contribution in [1.82, 2.24) is 10.3 Å². The van der Waals surface area contributed by atoms with Gasteiger partial charge >= 0.3 is 12.4 Å². The average Bonchev–Trinajstić information content (AvgIpc) is 2.82. The van der Waals surface area contributed by atoms with Crippen molar-refractivity contribution in [2.75, 3.05) is 11.9 Å². The van der Waals surface area contributed by atoms with Crippen LogP contribution in [0.2, 0.25) is 5.02 Å². The fourth-order valence-corrected chi connectivity index (χ4v) is 4.71. The maximum atomic E-state index is 13.1. The molecule has 2 atom stereocenters. The molecule has 1 aromatic heterocycles. The highest BCUT2D eigenvalue weighted by Crippen LogP contribution is 2.36. The molecule has 1 aliphatic carbocycles. The monoisotopic (exact) mass is 529 g/mol. The highest BCUT2D eigenvalue weighted by atomic mass is 35.5. The van der Waals surface area contributed by atoms with Crippen LogP contribution in [0.15, 0.2) is 48.5 Å². The summed E-state index contributed by atoms with van der Waals surface area (Å²) in [6.07, 6.45) is -6.77. The van der Waals surface area contributed by atoms with E-state index in [4.69, 9.17) is 11.6 Å². The number of alkyl halides is 6. The first-order valence-electron chi connectivity index (χ1n) is 11.3. The summed E-state index contributed by atoms with van der Waals surface area (Å²) in [5.41, 5.74) is -3.04. The lowest BCUT2D eigenvalue weighted by molar-refractivity contribution is -0.143. The molecule has 36 heavy (non-hydrogen) atoms. The van der Waals surface area contributed by atoms with E-state index in [9.17, 15) is 31.1 Å². The molecule has 0 saturated heterocycles. The molecule has 0 spiro atoms. The number of amides is 1. The van der Waals surface area contributed by atoms with Gasteiger partial charge in [0.05, 0.1) is 21.7 Å². The van der Waals surface area contributed by atoms with Crippen LogP contribution in [0.4, 0.5) is 32.2 Å². The van der Waals surface area contributed by atoms with Gasteiger partial charge in [-0.2, -0.15) is 26.3 Å². The molecule has 1 amide bonds. The predicted molar refractivity (Wildman–Crippen MR) is 125 cm³/mol. The number of para-hydroxylation sites is 1. The summed E-state index contributed by atoms with van der Waals surface area (Å²) in [5, 5.41) is 7.19. The maximum absolute atomic E-state index is 13.1. The number of halogens is 7. The van der Waals surface area contributed by atoms with Gasteiger partial charge in [0, 0.05) is 23.5 Å². The van der Waals surface area contributed by atoms with Crippen LogP contribution in [0.1, 0.15) is 47.2 Å². The quantitative estimate of drug-likeness (QED) is 0.340. The number of carbonyl (C=O) groups excluding carboxylic acids is 1. The van der Waals surface area contributed by atoms with Crippen LogP contribution in [0.5, 0.6) is 0 Å². The number of benzene rings is 2. The summed E-state index contributed by atoms with van der Waals surface area (Å²) >= 11 is 6.38. The molecular formula is C25H22ClF6N3O. The Morgan fingerprint density at radius 1 is 0.944 bits per heavy atom. The Balaban J connectivity index is 1.49. The number of nitrogens with one attached hydrogen (secondary N) is 2. The molecule has 4 nitrogen and oxygen atoms in total. The van der Waals surface area contributed by atoms with Crippen LogP contribution >= 0.6 is 11.6 Å². The molecule has 0 radical (unpaired) electrons. The van der Waals surface area contributed by atoms with Crippen molar-refractivity contribution in [3.63, 3.8) is 0 Å². The van der Waals surface area contributed by atoms with E-state index in [1.54, 1.807) is 6.07 Å². The summed E-state index contributed by atoms with van der Waals surface area (Å²) in [7, 11) is 0. The third-order valence-electron chi connectivity index (χ3n) is 6.28. The molecule has 192 valence electrons. The van der Waals surface area contributed by atoms with Gasteiger partial charge in [0.15, 0.2) is 0 Å². The van der Waals surface area contributed by atoms with Gasteiger partial charge in [-0.05, 0) is 49.1 Å². The third kappa shape index (κ3) is 6.03. The van der Waals surface area contributed by atoms with Crippen LogP contribution < -0.4 is 10.6 Å². The zero-order valence-corrected chi connectivity index (χ0v) is 19.6. The molecule has 3 aromatic rings. The fourth-order valence-electron chi connectivity index (χ4n) is 4.45. The van der Waals surface area contributed by atoms with Crippen molar-refractivity contribution in [2.45, 2.75) is 44.1 Å². The topological polar surface area (TPSA) is 54.0 Å². The number of fused-ring (bicyclic) bond motifs is 1. The van der Waals surface area contributed by atoms with Crippen molar-refractivity contribution in [1.29, 1.82) is 0 Å². The third-order valence-corrected chi connectivity index (χ3v) is 6.60. The van der Waals surface area contributed by atoms with E-state index in [0.717, 1.165) is 31.1 Å². The van der Waals surface area contributed by atoms with Crippen LogP contribution in [0, 0.1) is 5.92 Å². The summed E-state index contributed by atoms with van der Waals surface area (Å²) in [5.74, 6) is -0.556. The Morgan fingerprint density at radius 3 is 2.25 bits per heavy atom. The van der Waals surface area contributed by atoms with E-state index in [2.05, 4.69) is 15.6 Å². The number of rotatable bonds is 5. The summed E-state index contributed by atoms with van der Waals surface area (Å²) in [6.45, 7) is 0.0788. The van der Waals surface area contributed by atoms with Gasteiger partial charge < -0.3 is 10.6 Å². The standard InChI is InChI=1S/C25H22ClF6N3O/c26-19-12-22(35-21-8-4-2-6-18(19)21)34-20-7-3-1-5-14(20)13-33-23(36)15-9-16(24(27,28)29)11-17(10-15)25(30,31)32/h2,4,6,8-12,14,20H,1,3,5,7,13H2,(H,33,36)(H,34,35). The smallest absolute Gasteiger partial charge is 0.367 e. The number of hydrogen-bond donors (Lipinski definition) is 2. The molecular weight excluding hydrogens is 508 g/mol. The lowest BCUT2D eigenvalue weighted by Crippen LogP contribution is -2.40. The van der Waals surface area contributed by atoms with E-state index in [0.29, 0.717) is 28.5 Å². The Morgan fingerprint density at radius 2 is 1.58 bits per heavy atom. The first-order valence-corrected chi connectivity index (χ1v) is 11.7. The average molecular weight is 530 g/mol. The number of hydrogen-bond acceptors (Lipinski definition) is 3. The summed E-state index contributed by atoms with van der Waals surface area (Å²) < 4.78 is 78.8. The largest absolute Gasteiger partial charge is 0.416 e. The molecule has 1 saturated carbocycles. The van der Waals surface area contributed by atoms with Gasteiger partial charge in [0.25, 0.3) is 5.91 Å². The number of aromatic nitrogens is 1. The van der Waals surface area contributed by atoms with E-state index in [-0.39, 0.29) is 24.6 Å². The van der Waals surface area contributed by atoms with E-state index in [1.807, 2.05) is 24.3 Å². The molecule has 2 aromatic carbocycles. The Hall–Kier alpha value is -3.01. The molecule has 11 heteroatoms. The molecule has 4 rings (SSSR count). The van der Waals surface area contributed by atoms with Gasteiger partial charge in [-0.3, -0.25) is 4.79 Å². The van der Waals surface area contributed by atoms with Crippen molar-refractivity contribution < 1.29 is 31.1 Å². The minimum absolute atomic E-state index is 0.000437. The van der Waals surface area contributed by atoms with E-state index >= 15 is 0 Å². The van der Waals surface area contributed by atoms with Gasteiger partial charge in [-0.25, -0.2) is 4.98 Å². The lowest BCUT2D eigenvalue weighted by atomic mass is 9.84. The van der Waals surface area contributed by atoms with Crippen LogP contribution in [-0.4, -0.2) is 23.5 Å². The molecule has 1 fully saturated rings. The number of nitrogens with zero attached hydrogens (tertiary/aromatic N) is 1. The van der Waals surface area contributed by atoms with Gasteiger partial charge in [0.2, 0.25) is 0 Å². The molecule has 0 bridgehead atoms. The second-order valence-corrected chi connectivity index (χ2v) is 9.21. The van der Waals surface area contributed by atoms with Gasteiger partial charge in [-0.1, -0.05) is 42.6 Å². The minimum atomic E-state index is -5.02. The first kappa shape index (κ1) is 26.1. The number of carbonyl (C=O) groups is 1. The van der Waals surface area contributed by atoms with Crippen LogP contribution in [-0.2, 0) is 12.4 Å². The lowest BCUT2D eigenvalue weighted by Gasteiger charge is -2.33. The SMILES string of the molecule is O=C(NCC1CCCCC1Nc1cc(Cl)c2ccccc2n1)c1cc(C(F)(F)F)cc(C(F)(F)F)c1. The summed E-state index contributed by atoms with van der Waals surface area (Å²) in [6, 6.07) is 9.83. The van der Waals surface area contributed by atoms with Crippen molar-refractivity contribution in [3.05, 3.63) is 70.2 Å². The Bertz CT molecular complexity index is 1230. The highest BCUT2D eigenvalue weighted by Gasteiger charge is 2.37. The van der Waals surface area contributed by atoms with Crippen molar-refractivity contribution >= 4 is 34.2 Å². The molecule has 1 aliphatic rings. The van der Waals surface area contributed by atoms with Crippen molar-refractivity contribution in [2.24, 2.45) is 5.92 Å². The fraction of sp³-hybridized carbons (Fsp3) is 0.360.